The molecule has 1 unspecified atom stereocenters. The van der Waals surface area contributed by atoms with Crippen LogP contribution in [-0.2, 0) is 9.59 Å². The number of carboxylic acids is 1. The van der Waals surface area contributed by atoms with Gasteiger partial charge in [0, 0.05) is 6.08 Å². The maximum atomic E-state index is 10.8. The molecule has 18 heavy (non-hydrogen) atoms. The monoisotopic (exact) mass is 250 g/mol. The molecule has 6 nitrogen and oxygen atoms in total. The van der Waals surface area contributed by atoms with E-state index in [0.717, 1.165) is 6.08 Å². The minimum atomic E-state index is -1.03. The number of aromatic nitrogens is 1. The van der Waals surface area contributed by atoms with Crippen LogP contribution in [0.3, 0.4) is 0 Å². The van der Waals surface area contributed by atoms with Crippen molar-refractivity contribution in [2.24, 2.45) is 11.7 Å². The molecule has 0 aliphatic rings. The molecule has 1 amide bonds. The van der Waals surface area contributed by atoms with Crippen molar-refractivity contribution in [2.75, 3.05) is 6.61 Å². The second-order valence-electron chi connectivity index (χ2n) is 3.70. The minimum Gasteiger partial charge on any atom is -0.491 e. The van der Waals surface area contributed by atoms with Crippen molar-refractivity contribution in [3.63, 3.8) is 0 Å². The number of carbonyl (C=O) groups is 2. The summed E-state index contributed by atoms with van der Waals surface area (Å²) in [4.78, 5) is 25.1. The van der Waals surface area contributed by atoms with Crippen LogP contribution >= 0.6 is 0 Å². The molecule has 0 spiro atoms. The van der Waals surface area contributed by atoms with Gasteiger partial charge in [-0.05, 0) is 18.2 Å². The van der Waals surface area contributed by atoms with Gasteiger partial charge in [0.1, 0.15) is 5.75 Å². The molecule has 1 aromatic rings. The van der Waals surface area contributed by atoms with Crippen molar-refractivity contribution in [1.29, 1.82) is 0 Å². The van der Waals surface area contributed by atoms with Crippen LogP contribution < -0.4 is 10.5 Å². The van der Waals surface area contributed by atoms with Gasteiger partial charge in [0.2, 0.25) is 5.91 Å². The second kappa shape index (κ2) is 6.39. The minimum absolute atomic E-state index is 0.182. The molecule has 96 valence electrons. The Hall–Kier alpha value is -2.37. The lowest BCUT2D eigenvalue weighted by Gasteiger charge is -2.09. The Bertz CT molecular complexity index is 454. The zero-order chi connectivity index (χ0) is 13.5. The fourth-order valence-corrected chi connectivity index (χ4v) is 1.04. The van der Waals surface area contributed by atoms with E-state index >= 15 is 0 Å². The lowest BCUT2D eigenvalue weighted by Crippen LogP contribution is -2.25. The highest BCUT2D eigenvalue weighted by atomic mass is 16.5. The molecule has 0 aromatic carbocycles. The van der Waals surface area contributed by atoms with Crippen LogP contribution in [0.2, 0.25) is 0 Å². The average molecular weight is 250 g/mol. The molecule has 0 saturated heterocycles. The van der Waals surface area contributed by atoms with Crippen molar-refractivity contribution in [2.45, 2.75) is 6.92 Å². The summed E-state index contributed by atoms with van der Waals surface area (Å²) in [6.07, 6.45) is 3.82. The number of aliphatic carboxylic acids is 1. The molecule has 1 heterocycles. The lowest BCUT2D eigenvalue weighted by atomic mass is 10.2. The highest BCUT2D eigenvalue weighted by Gasteiger charge is 2.09. The number of rotatable bonds is 6. The molecular formula is C12H14N2O4. The second-order valence-corrected chi connectivity index (χ2v) is 3.70. The SMILES string of the molecule is CC(COc1ccc(C=CC(=O)O)nc1)C(N)=O. The van der Waals surface area contributed by atoms with Crippen LogP contribution in [-0.4, -0.2) is 28.6 Å². The first kappa shape index (κ1) is 13.7. The van der Waals surface area contributed by atoms with Crippen LogP contribution in [0, 0.1) is 5.92 Å². The van der Waals surface area contributed by atoms with E-state index in [1.54, 1.807) is 19.1 Å². The Morgan fingerprint density at radius 1 is 1.56 bits per heavy atom. The first-order valence-electron chi connectivity index (χ1n) is 5.28. The Morgan fingerprint density at radius 3 is 2.78 bits per heavy atom. The smallest absolute Gasteiger partial charge is 0.328 e. The van der Waals surface area contributed by atoms with Gasteiger partial charge in [-0.25, -0.2) is 4.79 Å². The van der Waals surface area contributed by atoms with Crippen molar-refractivity contribution >= 4 is 18.0 Å². The van der Waals surface area contributed by atoms with E-state index in [9.17, 15) is 9.59 Å². The average Bonchev–Trinajstić information content (AvgIpc) is 2.34. The zero-order valence-electron chi connectivity index (χ0n) is 9.87. The topological polar surface area (TPSA) is 103 Å². The standard InChI is InChI=1S/C12H14N2O4/c1-8(12(13)17)7-18-10-4-2-9(14-6-10)3-5-11(15)16/h2-6,8H,7H2,1H3,(H2,13,17)(H,15,16). The van der Waals surface area contributed by atoms with Gasteiger partial charge < -0.3 is 15.6 Å². The normalized spacial score (nSPS) is 12.3. The number of pyridine rings is 1. The van der Waals surface area contributed by atoms with Crippen LogP contribution in [0.25, 0.3) is 6.08 Å². The van der Waals surface area contributed by atoms with Crippen LogP contribution in [0.15, 0.2) is 24.4 Å². The number of carbonyl (C=O) groups excluding carboxylic acids is 1. The number of amides is 1. The summed E-state index contributed by atoms with van der Waals surface area (Å²) in [5, 5.41) is 8.44. The number of primary amides is 1. The van der Waals surface area contributed by atoms with Crippen LogP contribution in [0.4, 0.5) is 0 Å². The van der Waals surface area contributed by atoms with Gasteiger partial charge in [-0.15, -0.1) is 0 Å². The number of ether oxygens (including phenoxy) is 1. The fraction of sp³-hybridized carbons (Fsp3) is 0.250. The Morgan fingerprint density at radius 2 is 2.28 bits per heavy atom. The highest BCUT2D eigenvalue weighted by molar-refractivity contribution is 5.84. The summed E-state index contributed by atoms with van der Waals surface area (Å²) < 4.78 is 5.31. The summed E-state index contributed by atoms with van der Waals surface area (Å²) in [7, 11) is 0. The van der Waals surface area contributed by atoms with Crippen molar-refractivity contribution in [3.8, 4) is 5.75 Å². The number of carboxylic acid groups (broad SMARTS) is 1. The summed E-state index contributed by atoms with van der Waals surface area (Å²) in [6, 6.07) is 3.26. The first-order valence-corrected chi connectivity index (χ1v) is 5.28. The van der Waals surface area contributed by atoms with E-state index in [2.05, 4.69) is 4.98 Å². The lowest BCUT2D eigenvalue weighted by molar-refractivity contribution is -0.131. The summed E-state index contributed by atoms with van der Waals surface area (Å²) in [5.74, 6) is -1.34. The summed E-state index contributed by atoms with van der Waals surface area (Å²) >= 11 is 0. The van der Waals surface area contributed by atoms with Crippen LogP contribution in [0.5, 0.6) is 5.75 Å². The number of nitrogens with zero attached hydrogens (tertiary/aromatic N) is 1. The molecule has 0 saturated carbocycles. The van der Waals surface area contributed by atoms with Crippen molar-refractivity contribution in [3.05, 3.63) is 30.1 Å². The maximum absolute atomic E-state index is 10.8. The van der Waals surface area contributed by atoms with Gasteiger partial charge in [0.05, 0.1) is 24.4 Å². The highest BCUT2D eigenvalue weighted by Crippen LogP contribution is 2.11. The molecular weight excluding hydrogens is 236 g/mol. The van der Waals surface area contributed by atoms with Gasteiger partial charge in [0.15, 0.2) is 0 Å². The molecule has 0 radical (unpaired) electrons. The van der Waals surface area contributed by atoms with Gasteiger partial charge >= 0.3 is 5.97 Å². The summed E-state index contributed by atoms with van der Waals surface area (Å²) in [6.45, 7) is 1.85. The van der Waals surface area contributed by atoms with E-state index in [-0.39, 0.29) is 12.5 Å². The molecule has 0 fully saturated rings. The molecule has 0 bridgehead atoms. The predicted molar refractivity (Wildman–Crippen MR) is 64.8 cm³/mol. The molecule has 0 aliphatic heterocycles. The molecule has 1 rings (SSSR count). The third kappa shape index (κ3) is 4.65. The van der Waals surface area contributed by atoms with Gasteiger partial charge in [-0.1, -0.05) is 6.92 Å². The zero-order valence-corrected chi connectivity index (χ0v) is 9.87. The Kier molecular flexibility index (Phi) is 4.86. The fourth-order valence-electron chi connectivity index (χ4n) is 1.04. The van der Waals surface area contributed by atoms with E-state index in [1.165, 1.54) is 12.3 Å². The van der Waals surface area contributed by atoms with E-state index in [1.807, 2.05) is 0 Å². The third-order valence-corrected chi connectivity index (χ3v) is 2.14. The third-order valence-electron chi connectivity index (χ3n) is 2.14. The van der Waals surface area contributed by atoms with Crippen LogP contribution in [0.1, 0.15) is 12.6 Å². The van der Waals surface area contributed by atoms with Gasteiger partial charge in [-0.3, -0.25) is 9.78 Å². The quantitative estimate of drug-likeness (QED) is 0.723. The molecule has 0 aliphatic carbocycles. The molecule has 3 N–H and O–H groups in total. The van der Waals surface area contributed by atoms with Crippen molar-refractivity contribution < 1.29 is 19.4 Å². The number of hydrogen-bond acceptors (Lipinski definition) is 4. The van der Waals surface area contributed by atoms with Gasteiger partial charge in [0.25, 0.3) is 0 Å². The van der Waals surface area contributed by atoms with E-state index in [4.69, 9.17) is 15.6 Å². The number of nitrogens with two attached hydrogens (primary N) is 1. The molecule has 6 heteroatoms. The number of hydrogen-bond donors (Lipinski definition) is 2. The largest absolute Gasteiger partial charge is 0.491 e. The van der Waals surface area contributed by atoms with Crippen molar-refractivity contribution in [1.82, 2.24) is 4.98 Å². The van der Waals surface area contributed by atoms with E-state index in [0.29, 0.717) is 11.4 Å². The Balaban J connectivity index is 2.55. The van der Waals surface area contributed by atoms with Gasteiger partial charge in [-0.2, -0.15) is 0 Å². The molecule has 1 aromatic heterocycles. The Labute approximate surface area is 104 Å². The predicted octanol–water partition coefficient (Wildman–Crippen LogP) is 0.680. The summed E-state index contributed by atoms with van der Waals surface area (Å²) in [5.41, 5.74) is 5.60. The van der Waals surface area contributed by atoms with E-state index < -0.39 is 11.9 Å². The molecule has 1 atom stereocenters. The first-order chi connectivity index (χ1) is 8.49. The maximum Gasteiger partial charge on any atom is 0.328 e.